The van der Waals surface area contributed by atoms with E-state index in [1.165, 1.54) is 32.1 Å². The van der Waals surface area contributed by atoms with E-state index >= 15 is 0 Å². The van der Waals surface area contributed by atoms with Crippen molar-refractivity contribution >= 4 is 0 Å². The molecule has 0 amide bonds. The fourth-order valence-electron chi connectivity index (χ4n) is 1.97. The molecule has 2 heteroatoms. The number of likely N-dealkylation sites (N-methyl/N-ethyl adjacent to an activating group) is 1. The summed E-state index contributed by atoms with van der Waals surface area (Å²) in [6, 6.07) is 0.431. The highest BCUT2D eigenvalue weighted by atomic mass is 16.5. The van der Waals surface area contributed by atoms with Crippen LogP contribution in [0.2, 0.25) is 0 Å². The molecule has 0 radical (unpaired) electrons. The third-order valence-corrected chi connectivity index (χ3v) is 3.41. The average Bonchev–Trinajstić information content (AvgIpc) is 2.23. The minimum Gasteiger partial charge on any atom is -0.377 e. The van der Waals surface area contributed by atoms with Crippen molar-refractivity contribution in [3.63, 3.8) is 0 Å². The Labute approximate surface area is 109 Å². The number of rotatable bonds is 9. The van der Waals surface area contributed by atoms with Crippen LogP contribution in [-0.4, -0.2) is 25.8 Å². The predicted octanol–water partition coefficient (Wildman–Crippen LogP) is 4.00. The first-order valence-electron chi connectivity index (χ1n) is 7.20. The summed E-state index contributed by atoms with van der Waals surface area (Å²) in [7, 11) is 2.02. The smallest absolute Gasteiger partial charge is 0.0628 e. The maximum absolute atomic E-state index is 5.94. The van der Waals surface area contributed by atoms with Gasteiger partial charge in [0.25, 0.3) is 0 Å². The van der Waals surface area contributed by atoms with Crippen molar-refractivity contribution in [2.45, 2.75) is 78.9 Å². The lowest BCUT2D eigenvalue weighted by Gasteiger charge is -2.31. The van der Waals surface area contributed by atoms with Crippen molar-refractivity contribution in [3.05, 3.63) is 0 Å². The van der Waals surface area contributed by atoms with Crippen LogP contribution in [0.4, 0.5) is 0 Å². The van der Waals surface area contributed by atoms with E-state index in [2.05, 4.69) is 39.9 Å². The fraction of sp³-hybridized carbons (Fsp3) is 1.00. The van der Waals surface area contributed by atoms with E-state index in [9.17, 15) is 0 Å². The Morgan fingerprint density at radius 1 is 1.12 bits per heavy atom. The Kier molecular flexibility index (Phi) is 8.89. The van der Waals surface area contributed by atoms with E-state index in [1.54, 1.807) is 0 Å². The van der Waals surface area contributed by atoms with E-state index in [0.717, 1.165) is 6.61 Å². The summed E-state index contributed by atoms with van der Waals surface area (Å²) < 4.78 is 5.94. The molecule has 2 nitrogen and oxygen atoms in total. The molecule has 17 heavy (non-hydrogen) atoms. The van der Waals surface area contributed by atoms with Crippen LogP contribution in [0.25, 0.3) is 0 Å². The molecule has 0 aromatic heterocycles. The summed E-state index contributed by atoms with van der Waals surface area (Å²) in [4.78, 5) is 0. The van der Waals surface area contributed by atoms with Gasteiger partial charge < -0.3 is 10.1 Å². The van der Waals surface area contributed by atoms with Gasteiger partial charge in [-0.3, -0.25) is 0 Å². The highest BCUT2D eigenvalue weighted by molar-refractivity contribution is 4.79. The number of hydrogen-bond acceptors (Lipinski definition) is 2. The zero-order chi connectivity index (χ0) is 13.3. The first-order chi connectivity index (χ1) is 7.91. The van der Waals surface area contributed by atoms with Gasteiger partial charge >= 0.3 is 0 Å². The highest BCUT2D eigenvalue weighted by Gasteiger charge is 2.23. The van der Waals surface area contributed by atoms with Crippen molar-refractivity contribution in [1.29, 1.82) is 0 Å². The van der Waals surface area contributed by atoms with Crippen LogP contribution in [0.1, 0.15) is 66.7 Å². The van der Waals surface area contributed by atoms with Gasteiger partial charge in [-0.25, -0.2) is 0 Å². The van der Waals surface area contributed by atoms with Gasteiger partial charge in [-0.2, -0.15) is 0 Å². The first-order valence-corrected chi connectivity index (χ1v) is 7.20. The number of unbranched alkanes of at least 4 members (excludes halogenated alkanes) is 3. The number of ether oxygens (including phenoxy) is 1. The molecule has 0 aromatic rings. The van der Waals surface area contributed by atoms with E-state index in [4.69, 9.17) is 4.74 Å². The third kappa shape index (κ3) is 8.62. The Morgan fingerprint density at radius 2 is 1.76 bits per heavy atom. The summed E-state index contributed by atoms with van der Waals surface area (Å²) in [6.07, 6.45) is 6.90. The molecule has 0 aliphatic rings. The molecule has 0 heterocycles. The van der Waals surface area contributed by atoms with E-state index in [1.807, 2.05) is 7.05 Å². The van der Waals surface area contributed by atoms with Crippen molar-refractivity contribution in [3.8, 4) is 0 Å². The molecule has 0 aliphatic heterocycles. The van der Waals surface area contributed by atoms with Crippen molar-refractivity contribution in [1.82, 2.24) is 5.32 Å². The van der Waals surface area contributed by atoms with E-state index in [-0.39, 0.29) is 5.41 Å². The molecule has 0 spiro atoms. The van der Waals surface area contributed by atoms with Crippen LogP contribution in [-0.2, 0) is 4.74 Å². The van der Waals surface area contributed by atoms with Gasteiger partial charge in [-0.05, 0) is 25.8 Å². The second kappa shape index (κ2) is 8.93. The van der Waals surface area contributed by atoms with Gasteiger partial charge in [-0.1, -0.05) is 53.4 Å². The minimum atomic E-state index is 0.261. The van der Waals surface area contributed by atoms with Gasteiger partial charge in [0.05, 0.1) is 12.7 Å². The second-order valence-electron chi connectivity index (χ2n) is 6.20. The zero-order valence-electron chi connectivity index (χ0n) is 12.8. The van der Waals surface area contributed by atoms with Gasteiger partial charge in [0.1, 0.15) is 0 Å². The molecular weight excluding hydrogens is 210 g/mol. The number of nitrogens with one attached hydrogen (secondary N) is 1. The molecule has 0 rings (SSSR count). The monoisotopic (exact) mass is 243 g/mol. The quantitative estimate of drug-likeness (QED) is 0.618. The van der Waals surface area contributed by atoms with E-state index < -0.39 is 0 Å². The van der Waals surface area contributed by atoms with Crippen molar-refractivity contribution < 1.29 is 4.74 Å². The van der Waals surface area contributed by atoms with Gasteiger partial charge in [0, 0.05) is 6.04 Å². The van der Waals surface area contributed by atoms with Crippen LogP contribution in [0, 0.1) is 5.41 Å². The molecule has 1 N–H and O–H groups in total. The van der Waals surface area contributed by atoms with Gasteiger partial charge in [-0.15, -0.1) is 0 Å². The second-order valence-corrected chi connectivity index (χ2v) is 6.20. The molecule has 0 fully saturated rings. The summed E-state index contributed by atoms with van der Waals surface area (Å²) in [5, 5.41) is 3.35. The Balaban J connectivity index is 3.70. The minimum absolute atomic E-state index is 0.261. The maximum Gasteiger partial charge on any atom is 0.0628 e. The standard InChI is InChI=1S/C15H33NO/c1-7-8-9-10-11-13(2)17-12-14(16-6)15(3,4)5/h13-14,16H,7-12H2,1-6H3. The topological polar surface area (TPSA) is 21.3 Å². The molecule has 0 aliphatic carbocycles. The largest absolute Gasteiger partial charge is 0.377 e. The molecule has 0 saturated carbocycles. The molecule has 0 bridgehead atoms. The zero-order valence-corrected chi connectivity index (χ0v) is 12.8. The molecular formula is C15H33NO. The van der Waals surface area contributed by atoms with Crippen LogP contribution >= 0.6 is 0 Å². The SMILES string of the molecule is CCCCCCC(C)OCC(NC)C(C)(C)C. The number of hydrogen-bond donors (Lipinski definition) is 1. The first kappa shape index (κ1) is 16.9. The van der Waals surface area contributed by atoms with Crippen LogP contribution in [0.5, 0.6) is 0 Å². The molecule has 104 valence electrons. The van der Waals surface area contributed by atoms with Crippen LogP contribution in [0.3, 0.4) is 0 Å². The summed E-state index contributed by atoms with van der Waals surface area (Å²) in [6.45, 7) is 12.0. The van der Waals surface area contributed by atoms with E-state index in [0.29, 0.717) is 12.1 Å². The molecule has 2 atom stereocenters. The van der Waals surface area contributed by atoms with Crippen molar-refractivity contribution in [2.24, 2.45) is 5.41 Å². The summed E-state index contributed by atoms with van der Waals surface area (Å²) in [5.74, 6) is 0. The normalized spacial score (nSPS) is 15.9. The summed E-state index contributed by atoms with van der Waals surface area (Å²) in [5.41, 5.74) is 0.261. The maximum atomic E-state index is 5.94. The Hall–Kier alpha value is -0.0800. The highest BCUT2D eigenvalue weighted by Crippen LogP contribution is 2.20. The average molecular weight is 243 g/mol. The molecule has 0 aromatic carbocycles. The summed E-state index contributed by atoms with van der Waals surface area (Å²) >= 11 is 0. The van der Waals surface area contributed by atoms with Crippen LogP contribution in [0.15, 0.2) is 0 Å². The lowest BCUT2D eigenvalue weighted by atomic mass is 9.87. The predicted molar refractivity (Wildman–Crippen MR) is 76.5 cm³/mol. The van der Waals surface area contributed by atoms with Gasteiger partial charge in [0.2, 0.25) is 0 Å². The third-order valence-electron chi connectivity index (χ3n) is 3.41. The Bertz CT molecular complexity index is 174. The van der Waals surface area contributed by atoms with Crippen molar-refractivity contribution in [2.75, 3.05) is 13.7 Å². The van der Waals surface area contributed by atoms with Gasteiger partial charge in [0.15, 0.2) is 0 Å². The molecule has 0 saturated heterocycles. The Morgan fingerprint density at radius 3 is 2.24 bits per heavy atom. The van der Waals surface area contributed by atoms with Crippen LogP contribution < -0.4 is 5.32 Å². The lowest BCUT2D eigenvalue weighted by molar-refractivity contribution is 0.0231. The fourth-order valence-corrected chi connectivity index (χ4v) is 1.97. The lowest BCUT2D eigenvalue weighted by Crippen LogP contribution is -2.42. The molecule has 2 unspecified atom stereocenters.